The van der Waals surface area contributed by atoms with Crippen molar-refractivity contribution in [3.05, 3.63) is 12.4 Å². The summed E-state index contributed by atoms with van der Waals surface area (Å²) < 4.78 is 0. The van der Waals surface area contributed by atoms with Gasteiger partial charge in [0, 0.05) is 25.5 Å². The van der Waals surface area contributed by atoms with Crippen molar-refractivity contribution in [1.82, 2.24) is 9.80 Å². The molecule has 0 saturated heterocycles. The quantitative estimate of drug-likeness (QED) is 0.161. The minimum absolute atomic E-state index is 0.572. The Kier molecular flexibility index (Phi) is 18.5. The molecule has 178 valence electrons. The monoisotopic (exact) mass is 420 g/mol. The third-order valence-corrected chi connectivity index (χ3v) is 6.95. The van der Waals surface area contributed by atoms with Gasteiger partial charge in [0.25, 0.3) is 0 Å². The van der Waals surface area contributed by atoms with Crippen molar-refractivity contribution in [3.8, 4) is 0 Å². The summed E-state index contributed by atoms with van der Waals surface area (Å²) in [6.07, 6.45) is 33.8. The molecule has 1 unspecified atom stereocenters. The predicted octanol–water partition coefficient (Wildman–Crippen LogP) is 9.26. The molecule has 2 nitrogen and oxygen atoms in total. The Labute approximate surface area is 190 Å². The van der Waals surface area contributed by atoms with E-state index < -0.39 is 0 Å². The van der Waals surface area contributed by atoms with Crippen LogP contribution in [0, 0.1) is 0 Å². The third-order valence-electron chi connectivity index (χ3n) is 6.95. The van der Waals surface area contributed by atoms with Crippen LogP contribution in [0.5, 0.6) is 0 Å². The molecule has 1 rings (SSSR count). The topological polar surface area (TPSA) is 6.48 Å². The highest BCUT2D eigenvalue weighted by molar-refractivity contribution is 4.95. The minimum atomic E-state index is 0.572. The molecule has 1 aliphatic rings. The van der Waals surface area contributed by atoms with Crippen LogP contribution < -0.4 is 0 Å². The molecule has 0 fully saturated rings. The number of unbranched alkanes of at least 4 members (excludes halogenated alkanes) is 18. The van der Waals surface area contributed by atoms with E-state index in [4.69, 9.17) is 0 Å². The van der Waals surface area contributed by atoms with Crippen molar-refractivity contribution in [2.45, 2.75) is 155 Å². The van der Waals surface area contributed by atoms with E-state index in [1.165, 1.54) is 142 Å². The van der Waals surface area contributed by atoms with Gasteiger partial charge in [0.15, 0.2) is 0 Å². The molecule has 0 bridgehead atoms. The van der Waals surface area contributed by atoms with Crippen molar-refractivity contribution < 1.29 is 0 Å². The van der Waals surface area contributed by atoms with Crippen molar-refractivity contribution >= 4 is 0 Å². The Morgan fingerprint density at radius 2 is 0.700 bits per heavy atom. The average molecular weight is 421 g/mol. The fourth-order valence-electron chi connectivity index (χ4n) is 4.70. The first-order valence-corrected chi connectivity index (χ1v) is 14.0. The van der Waals surface area contributed by atoms with Gasteiger partial charge < -0.3 is 9.80 Å². The van der Waals surface area contributed by atoms with Crippen LogP contribution >= 0.6 is 0 Å². The maximum Gasteiger partial charge on any atom is 0.0977 e. The summed E-state index contributed by atoms with van der Waals surface area (Å²) in [7, 11) is 0. The normalized spacial score (nSPS) is 16.2. The van der Waals surface area contributed by atoms with Crippen LogP contribution in [0.15, 0.2) is 12.4 Å². The molecule has 1 heterocycles. The van der Waals surface area contributed by atoms with E-state index in [0.717, 1.165) is 0 Å². The Bertz CT molecular complexity index is 379. The molecule has 0 saturated carbocycles. The Balaban J connectivity index is 1.81. The zero-order valence-electron chi connectivity index (χ0n) is 21.2. The zero-order valence-corrected chi connectivity index (χ0v) is 21.2. The second-order valence-electron chi connectivity index (χ2n) is 9.77. The second-order valence-corrected chi connectivity index (χ2v) is 9.77. The van der Waals surface area contributed by atoms with Crippen LogP contribution in [-0.2, 0) is 0 Å². The lowest BCUT2D eigenvalue weighted by Gasteiger charge is -2.29. The lowest BCUT2D eigenvalue weighted by Crippen LogP contribution is -2.36. The van der Waals surface area contributed by atoms with Gasteiger partial charge in [-0.2, -0.15) is 0 Å². The van der Waals surface area contributed by atoms with Gasteiger partial charge in [0.1, 0.15) is 0 Å². The summed E-state index contributed by atoms with van der Waals surface area (Å²) in [5.41, 5.74) is 0. The molecule has 2 heteroatoms. The van der Waals surface area contributed by atoms with Gasteiger partial charge in [-0.05, 0) is 19.8 Å². The molecule has 0 aromatic carbocycles. The highest BCUT2D eigenvalue weighted by atomic mass is 15.4. The summed E-state index contributed by atoms with van der Waals surface area (Å²) in [4.78, 5) is 5.08. The molecular formula is C28H56N2. The van der Waals surface area contributed by atoms with E-state index in [2.05, 4.69) is 43.0 Å². The number of hydrogen-bond donors (Lipinski definition) is 0. The summed E-state index contributed by atoms with van der Waals surface area (Å²) >= 11 is 0. The van der Waals surface area contributed by atoms with Crippen LogP contribution in [0.25, 0.3) is 0 Å². The molecule has 0 spiro atoms. The first kappa shape index (κ1) is 27.4. The number of rotatable bonds is 22. The van der Waals surface area contributed by atoms with Crippen molar-refractivity contribution in [2.24, 2.45) is 0 Å². The van der Waals surface area contributed by atoms with E-state index in [1.54, 1.807) is 0 Å². The molecule has 0 radical (unpaired) electrons. The van der Waals surface area contributed by atoms with E-state index in [0.29, 0.717) is 6.17 Å². The van der Waals surface area contributed by atoms with Gasteiger partial charge >= 0.3 is 0 Å². The van der Waals surface area contributed by atoms with E-state index >= 15 is 0 Å². The minimum Gasteiger partial charge on any atom is -0.356 e. The van der Waals surface area contributed by atoms with Crippen molar-refractivity contribution in [3.63, 3.8) is 0 Å². The molecule has 0 amide bonds. The lowest BCUT2D eigenvalue weighted by molar-refractivity contribution is 0.165. The first-order valence-electron chi connectivity index (χ1n) is 14.0. The predicted molar refractivity (Wildman–Crippen MR) is 136 cm³/mol. The fourth-order valence-corrected chi connectivity index (χ4v) is 4.70. The molecule has 0 N–H and O–H groups in total. The van der Waals surface area contributed by atoms with Crippen LogP contribution in [0.1, 0.15) is 149 Å². The number of hydrogen-bond acceptors (Lipinski definition) is 2. The van der Waals surface area contributed by atoms with E-state index in [-0.39, 0.29) is 0 Å². The van der Waals surface area contributed by atoms with Crippen LogP contribution in [0.3, 0.4) is 0 Å². The smallest absolute Gasteiger partial charge is 0.0977 e. The van der Waals surface area contributed by atoms with Crippen LogP contribution in [0.4, 0.5) is 0 Å². The standard InChI is InChI=1S/C28H56N2/c1-4-6-8-10-11-12-13-14-15-16-17-18-19-20-21-23-25-30-27-26-29(28(30)3)24-22-9-7-5-2/h26-28H,4-25H2,1-3H3. The SMILES string of the molecule is CCCCCCCCCCCCCCCCCCN1C=CN(CCCCCC)C1C. The van der Waals surface area contributed by atoms with Crippen molar-refractivity contribution in [2.75, 3.05) is 13.1 Å². The maximum absolute atomic E-state index is 2.55. The molecular weight excluding hydrogens is 364 g/mol. The molecule has 30 heavy (non-hydrogen) atoms. The second kappa shape index (κ2) is 20.3. The first-order chi connectivity index (χ1) is 14.8. The largest absolute Gasteiger partial charge is 0.356 e. The van der Waals surface area contributed by atoms with E-state index in [1.807, 2.05) is 0 Å². The zero-order chi connectivity index (χ0) is 21.7. The van der Waals surface area contributed by atoms with E-state index in [9.17, 15) is 0 Å². The molecule has 1 aliphatic heterocycles. The Morgan fingerprint density at radius 1 is 0.433 bits per heavy atom. The highest BCUT2D eigenvalue weighted by Crippen LogP contribution is 2.18. The highest BCUT2D eigenvalue weighted by Gasteiger charge is 2.20. The number of nitrogens with zero attached hydrogens (tertiary/aromatic N) is 2. The fraction of sp³-hybridized carbons (Fsp3) is 0.929. The maximum atomic E-state index is 2.55. The Hall–Kier alpha value is -0.660. The molecule has 0 aromatic heterocycles. The summed E-state index contributed by atoms with van der Waals surface area (Å²) in [6, 6.07) is 0. The van der Waals surface area contributed by atoms with Gasteiger partial charge in [-0.15, -0.1) is 0 Å². The molecule has 1 atom stereocenters. The molecule has 0 aromatic rings. The van der Waals surface area contributed by atoms with Crippen LogP contribution in [0.2, 0.25) is 0 Å². The summed E-state index contributed by atoms with van der Waals surface area (Å²) in [6.45, 7) is 9.43. The van der Waals surface area contributed by atoms with Gasteiger partial charge in [0.05, 0.1) is 6.17 Å². The van der Waals surface area contributed by atoms with Crippen molar-refractivity contribution in [1.29, 1.82) is 0 Å². The van der Waals surface area contributed by atoms with Crippen LogP contribution in [-0.4, -0.2) is 29.1 Å². The average Bonchev–Trinajstić information content (AvgIpc) is 3.10. The molecule has 0 aliphatic carbocycles. The lowest BCUT2D eigenvalue weighted by atomic mass is 10.0. The third kappa shape index (κ3) is 14.4. The van der Waals surface area contributed by atoms with Gasteiger partial charge in [0.2, 0.25) is 0 Å². The summed E-state index contributed by atoms with van der Waals surface area (Å²) in [5, 5.41) is 0. The Morgan fingerprint density at radius 3 is 1.03 bits per heavy atom. The van der Waals surface area contributed by atoms with Gasteiger partial charge in [-0.3, -0.25) is 0 Å². The van der Waals surface area contributed by atoms with Gasteiger partial charge in [-0.1, -0.05) is 129 Å². The summed E-state index contributed by atoms with van der Waals surface area (Å²) in [5.74, 6) is 0. The van der Waals surface area contributed by atoms with Gasteiger partial charge in [-0.25, -0.2) is 0 Å².